The van der Waals surface area contributed by atoms with Crippen LogP contribution in [0, 0.1) is 19.7 Å². The van der Waals surface area contributed by atoms with Crippen molar-refractivity contribution >= 4 is 0 Å². The summed E-state index contributed by atoms with van der Waals surface area (Å²) in [6.45, 7) is 3.39. The summed E-state index contributed by atoms with van der Waals surface area (Å²) in [7, 11) is 0. The minimum absolute atomic E-state index is 0.243. The van der Waals surface area contributed by atoms with Crippen LogP contribution in [0.15, 0.2) is 18.7 Å². The van der Waals surface area contributed by atoms with Crippen molar-refractivity contribution < 1.29 is 4.39 Å². The summed E-state index contributed by atoms with van der Waals surface area (Å²) in [4.78, 5) is 11.6. The SMILES string of the molecule is Cc1ncnc(-n2ccnc2C)c1F. The molecule has 0 spiro atoms. The van der Waals surface area contributed by atoms with Gasteiger partial charge >= 0.3 is 0 Å². The molecule has 0 N–H and O–H groups in total. The highest BCUT2D eigenvalue weighted by Gasteiger charge is 2.10. The summed E-state index contributed by atoms with van der Waals surface area (Å²) >= 11 is 0. The predicted octanol–water partition coefficient (Wildman–Crippen LogP) is 1.42. The molecule has 14 heavy (non-hydrogen) atoms. The molecule has 2 rings (SSSR count). The predicted molar refractivity (Wildman–Crippen MR) is 48.6 cm³/mol. The van der Waals surface area contributed by atoms with Crippen molar-refractivity contribution in [3.8, 4) is 5.82 Å². The Morgan fingerprint density at radius 2 is 2.00 bits per heavy atom. The Morgan fingerprint density at radius 3 is 2.64 bits per heavy atom. The van der Waals surface area contributed by atoms with Crippen LogP contribution in [-0.2, 0) is 0 Å². The van der Waals surface area contributed by atoms with Crippen LogP contribution in [0.5, 0.6) is 0 Å². The van der Waals surface area contributed by atoms with Crippen LogP contribution in [-0.4, -0.2) is 19.5 Å². The Kier molecular flexibility index (Phi) is 1.99. The zero-order valence-corrected chi connectivity index (χ0v) is 7.90. The topological polar surface area (TPSA) is 43.6 Å². The molecule has 0 saturated carbocycles. The van der Waals surface area contributed by atoms with E-state index in [2.05, 4.69) is 15.0 Å². The van der Waals surface area contributed by atoms with Gasteiger partial charge in [-0.3, -0.25) is 4.57 Å². The highest BCUT2D eigenvalue weighted by molar-refractivity contribution is 5.27. The fraction of sp³-hybridized carbons (Fsp3) is 0.222. The number of rotatable bonds is 1. The third-order valence-electron chi connectivity index (χ3n) is 2.00. The Morgan fingerprint density at radius 1 is 1.21 bits per heavy atom. The normalized spacial score (nSPS) is 10.5. The zero-order valence-electron chi connectivity index (χ0n) is 7.90. The summed E-state index contributed by atoms with van der Waals surface area (Å²) in [6, 6.07) is 0. The van der Waals surface area contributed by atoms with E-state index in [1.165, 1.54) is 6.33 Å². The van der Waals surface area contributed by atoms with Gasteiger partial charge in [0.15, 0.2) is 11.6 Å². The van der Waals surface area contributed by atoms with E-state index in [9.17, 15) is 4.39 Å². The molecule has 72 valence electrons. The van der Waals surface area contributed by atoms with Crippen LogP contribution in [0.25, 0.3) is 5.82 Å². The first-order valence-electron chi connectivity index (χ1n) is 4.17. The smallest absolute Gasteiger partial charge is 0.187 e. The van der Waals surface area contributed by atoms with Crippen molar-refractivity contribution in [1.82, 2.24) is 19.5 Å². The lowest BCUT2D eigenvalue weighted by atomic mass is 10.4. The van der Waals surface area contributed by atoms with E-state index >= 15 is 0 Å². The van der Waals surface area contributed by atoms with Crippen molar-refractivity contribution in [2.75, 3.05) is 0 Å². The van der Waals surface area contributed by atoms with E-state index in [0.717, 1.165) is 0 Å². The molecule has 0 aliphatic heterocycles. The fourth-order valence-electron chi connectivity index (χ4n) is 1.22. The molecule has 0 fully saturated rings. The van der Waals surface area contributed by atoms with Crippen LogP contribution in [0.1, 0.15) is 11.5 Å². The molecule has 0 saturated heterocycles. The van der Waals surface area contributed by atoms with Crippen LogP contribution in [0.2, 0.25) is 0 Å². The van der Waals surface area contributed by atoms with Crippen molar-refractivity contribution in [3.63, 3.8) is 0 Å². The molecule has 0 aliphatic carbocycles. The molecule has 2 heterocycles. The molecule has 2 aromatic heterocycles. The second-order valence-electron chi connectivity index (χ2n) is 2.94. The van der Waals surface area contributed by atoms with E-state index in [0.29, 0.717) is 11.5 Å². The Labute approximate surface area is 80.5 Å². The van der Waals surface area contributed by atoms with Gasteiger partial charge in [0.05, 0.1) is 5.69 Å². The number of hydrogen-bond donors (Lipinski definition) is 0. The summed E-state index contributed by atoms with van der Waals surface area (Å²) < 4.78 is 15.2. The van der Waals surface area contributed by atoms with Gasteiger partial charge in [-0.1, -0.05) is 0 Å². The third kappa shape index (κ3) is 1.26. The Balaban J connectivity index is 2.63. The molecule has 0 atom stereocenters. The highest BCUT2D eigenvalue weighted by Crippen LogP contribution is 2.12. The second kappa shape index (κ2) is 3.17. The van der Waals surface area contributed by atoms with Gasteiger partial charge in [-0.2, -0.15) is 0 Å². The number of imidazole rings is 1. The Hall–Kier alpha value is -1.78. The van der Waals surface area contributed by atoms with Gasteiger partial charge in [-0.05, 0) is 13.8 Å². The lowest BCUT2D eigenvalue weighted by Crippen LogP contribution is -2.04. The average Bonchev–Trinajstić information content (AvgIpc) is 2.57. The van der Waals surface area contributed by atoms with Crippen molar-refractivity contribution in [2.24, 2.45) is 0 Å². The van der Waals surface area contributed by atoms with Gasteiger partial charge in [-0.15, -0.1) is 0 Å². The molecule has 4 nitrogen and oxygen atoms in total. The van der Waals surface area contributed by atoms with Crippen molar-refractivity contribution in [1.29, 1.82) is 0 Å². The summed E-state index contributed by atoms with van der Waals surface area (Å²) in [5.41, 5.74) is 0.336. The number of halogens is 1. The van der Waals surface area contributed by atoms with Crippen molar-refractivity contribution in [3.05, 3.63) is 36.1 Å². The molecular formula is C9H9FN4. The van der Waals surface area contributed by atoms with E-state index in [1.54, 1.807) is 30.8 Å². The average molecular weight is 192 g/mol. The minimum atomic E-state index is -0.409. The third-order valence-corrected chi connectivity index (χ3v) is 2.00. The Bertz CT molecular complexity index is 464. The van der Waals surface area contributed by atoms with Crippen LogP contribution in [0.4, 0.5) is 4.39 Å². The highest BCUT2D eigenvalue weighted by atomic mass is 19.1. The molecule has 5 heteroatoms. The molecular weight excluding hydrogens is 183 g/mol. The lowest BCUT2D eigenvalue weighted by Gasteiger charge is -2.05. The van der Waals surface area contributed by atoms with E-state index in [4.69, 9.17) is 0 Å². The maximum atomic E-state index is 13.6. The molecule has 0 unspecified atom stereocenters. The molecule has 0 radical (unpaired) electrons. The number of aryl methyl sites for hydroxylation is 2. The van der Waals surface area contributed by atoms with Gasteiger partial charge in [-0.25, -0.2) is 19.3 Å². The first kappa shape index (κ1) is 8.80. The van der Waals surface area contributed by atoms with E-state index in [-0.39, 0.29) is 5.82 Å². The number of aromatic nitrogens is 4. The zero-order chi connectivity index (χ0) is 10.1. The first-order valence-corrected chi connectivity index (χ1v) is 4.17. The van der Waals surface area contributed by atoms with Gasteiger partial charge in [0, 0.05) is 12.4 Å². The fourth-order valence-corrected chi connectivity index (χ4v) is 1.22. The maximum Gasteiger partial charge on any atom is 0.187 e. The standard InChI is InChI=1S/C9H9FN4/c1-6-8(10)9(13-5-12-6)14-4-3-11-7(14)2/h3-5H,1-2H3. The monoisotopic (exact) mass is 192 g/mol. The second-order valence-corrected chi connectivity index (χ2v) is 2.94. The molecule has 0 bridgehead atoms. The van der Waals surface area contributed by atoms with Crippen molar-refractivity contribution in [2.45, 2.75) is 13.8 Å². The van der Waals surface area contributed by atoms with Crippen LogP contribution in [0.3, 0.4) is 0 Å². The molecule has 0 amide bonds. The summed E-state index contributed by atoms with van der Waals surface area (Å²) in [5.74, 6) is 0.531. The van der Waals surface area contributed by atoms with Gasteiger partial charge in [0.25, 0.3) is 0 Å². The minimum Gasteiger partial charge on any atom is -0.286 e. The summed E-state index contributed by atoms with van der Waals surface area (Å²) in [5, 5.41) is 0. The quantitative estimate of drug-likeness (QED) is 0.686. The van der Waals surface area contributed by atoms with E-state index < -0.39 is 5.82 Å². The van der Waals surface area contributed by atoms with Crippen LogP contribution >= 0.6 is 0 Å². The largest absolute Gasteiger partial charge is 0.286 e. The number of nitrogens with zero attached hydrogens (tertiary/aromatic N) is 4. The maximum absolute atomic E-state index is 13.6. The van der Waals surface area contributed by atoms with Gasteiger partial charge < -0.3 is 0 Å². The number of hydrogen-bond acceptors (Lipinski definition) is 3. The molecule has 2 aromatic rings. The van der Waals surface area contributed by atoms with E-state index in [1.807, 2.05) is 0 Å². The lowest BCUT2D eigenvalue weighted by molar-refractivity contribution is 0.588. The van der Waals surface area contributed by atoms with Gasteiger partial charge in [0.1, 0.15) is 12.2 Å². The molecule has 0 aromatic carbocycles. The van der Waals surface area contributed by atoms with Crippen LogP contribution < -0.4 is 0 Å². The summed E-state index contributed by atoms with van der Waals surface area (Å²) in [6.07, 6.45) is 4.61. The van der Waals surface area contributed by atoms with Gasteiger partial charge in [0.2, 0.25) is 0 Å². The first-order chi connectivity index (χ1) is 6.70. The molecule has 0 aliphatic rings.